The van der Waals surface area contributed by atoms with Crippen LogP contribution < -0.4 is 15.8 Å². The second kappa shape index (κ2) is 8.01. The van der Waals surface area contributed by atoms with Crippen molar-refractivity contribution in [3.05, 3.63) is 44.9 Å². The van der Waals surface area contributed by atoms with E-state index in [2.05, 4.69) is 20.7 Å². The van der Waals surface area contributed by atoms with E-state index in [-0.39, 0.29) is 16.3 Å². The number of carbonyl (C=O) groups excluding carboxylic acids is 2. The zero-order valence-corrected chi connectivity index (χ0v) is 15.2. The number of amides is 2. The van der Waals surface area contributed by atoms with Gasteiger partial charge in [0.2, 0.25) is 0 Å². The number of benzene rings is 1. The predicted molar refractivity (Wildman–Crippen MR) is 96.5 cm³/mol. The lowest BCUT2D eigenvalue weighted by atomic mass is 10.2. The van der Waals surface area contributed by atoms with Crippen LogP contribution in [-0.2, 0) is 4.74 Å². The van der Waals surface area contributed by atoms with E-state index in [0.29, 0.717) is 18.2 Å². The number of anilines is 1. The van der Waals surface area contributed by atoms with Gasteiger partial charge in [-0.1, -0.05) is 23.2 Å². The van der Waals surface area contributed by atoms with Gasteiger partial charge in [-0.15, -0.1) is 11.3 Å². The molecule has 132 valence electrons. The molecule has 25 heavy (non-hydrogen) atoms. The maximum atomic E-state index is 12.1. The molecule has 3 rings (SSSR count). The van der Waals surface area contributed by atoms with Gasteiger partial charge in [0.05, 0.1) is 23.3 Å². The Morgan fingerprint density at radius 2 is 1.84 bits per heavy atom. The van der Waals surface area contributed by atoms with Gasteiger partial charge in [0, 0.05) is 24.0 Å². The molecular formula is C15H14Cl2N4O3S. The molecule has 2 heterocycles. The first-order valence-electron chi connectivity index (χ1n) is 7.38. The van der Waals surface area contributed by atoms with Gasteiger partial charge >= 0.3 is 0 Å². The molecule has 0 spiro atoms. The molecule has 7 nitrogen and oxygen atoms in total. The summed E-state index contributed by atoms with van der Waals surface area (Å²) < 4.78 is 5.29. The minimum absolute atomic E-state index is 0.237. The number of nitrogens with one attached hydrogen (secondary N) is 2. The monoisotopic (exact) mass is 400 g/mol. The molecule has 0 saturated carbocycles. The largest absolute Gasteiger partial charge is 0.378 e. The fourth-order valence-electron chi connectivity index (χ4n) is 2.16. The van der Waals surface area contributed by atoms with Crippen molar-refractivity contribution in [1.82, 2.24) is 15.8 Å². The Morgan fingerprint density at radius 1 is 1.12 bits per heavy atom. The Bertz CT molecular complexity index is 793. The standard InChI is InChI=1S/C15H14Cl2N4O3S/c16-10-2-1-9(7-11(10)17)13(22)19-20-14(23)12-8-25-15(18-12)21-3-5-24-6-4-21/h1-2,7-8H,3-6H2,(H,19,22)(H,20,23). The van der Waals surface area contributed by atoms with E-state index in [1.165, 1.54) is 29.5 Å². The smallest absolute Gasteiger partial charge is 0.289 e. The van der Waals surface area contributed by atoms with Crippen molar-refractivity contribution in [1.29, 1.82) is 0 Å². The third-order valence-electron chi connectivity index (χ3n) is 3.48. The second-order valence-electron chi connectivity index (χ2n) is 5.15. The molecule has 0 atom stereocenters. The van der Waals surface area contributed by atoms with Crippen molar-refractivity contribution in [3.63, 3.8) is 0 Å². The SMILES string of the molecule is O=C(NNC(=O)c1csc(N2CCOCC2)n1)c1ccc(Cl)c(Cl)c1. The number of morpholine rings is 1. The number of thiazole rings is 1. The zero-order valence-electron chi connectivity index (χ0n) is 12.9. The summed E-state index contributed by atoms with van der Waals surface area (Å²) in [7, 11) is 0. The Kier molecular flexibility index (Phi) is 5.74. The number of hydrazine groups is 1. The summed E-state index contributed by atoms with van der Waals surface area (Å²) in [5.41, 5.74) is 5.17. The normalized spacial score (nSPS) is 14.2. The average Bonchev–Trinajstić information content (AvgIpc) is 3.12. The van der Waals surface area contributed by atoms with Crippen molar-refractivity contribution in [2.75, 3.05) is 31.2 Å². The van der Waals surface area contributed by atoms with Crippen LogP contribution in [-0.4, -0.2) is 43.1 Å². The number of halogens is 2. The highest BCUT2D eigenvalue weighted by atomic mass is 35.5. The molecule has 1 aliphatic heterocycles. The first kappa shape index (κ1) is 17.9. The lowest BCUT2D eigenvalue weighted by Gasteiger charge is -2.25. The maximum Gasteiger partial charge on any atom is 0.289 e. The number of rotatable bonds is 3. The molecule has 2 N–H and O–H groups in total. The van der Waals surface area contributed by atoms with Gasteiger partial charge in [-0.2, -0.15) is 0 Å². The third-order valence-corrected chi connectivity index (χ3v) is 5.12. The Morgan fingerprint density at radius 3 is 2.56 bits per heavy atom. The molecular weight excluding hydrogens is 387 g/mol. The topological polar surface area (TPSA) is 83.6 Å². The van der Waals surface area contributed by atoms with Crippen LogP contribution >= 0.6 is 34.5 Å². The van der Waals surface area contributed by atoms with E-state index in [1.807, 2.05) is 0 Å². The van der Waals surface area contributed by atoms with Crippen LogP contribution in [0.15, 0.2) is 23.6 Å². The summed E-state index contributed by atoms with van der Waals surface area (Å²) in [6, 6.07) is 4.44. The summed E-state index contributed by atoms with van der Waals surface area (Å²) in [5, 5.41) is 3.01. The molecule has 0 radical (unpaired) electrons. The summed E-state index contributed by atoms with van der Waals surface area (Å²) in [5.74, 6) is -1.00. The number of carbonyl (C=O) groups is 2. The van der Waals surface area contributed by atoms with E-state index in [4.69, 9.17) is 27.9 Å². The van der Waals surface area contributed by atoms with E-state index in [9.17, 15) is 9.59 Å². The molecule has 0 unspecified atom stereocenters. The number of aromatic nitrogens is 1. The third kappa shape index (κ3) is 4.40. The molecule has 10 heteroatoms. The van der Waals surface area contributed by atoms with Crippen LogP contribution in [0.25, 0.3) is 0 Å². The predicted octanol–water partition coefficient (Wildman–Crippen LogP) is 2.36. The molecule has 1 aliphatic rings. The number of hydrogen-bond donors (Lipinski definition) is 2. The zero-order chi connectivity index (χ0) is 17.8. The highest BCUT2D eigenvalue weighted by Gasteiger charge is 2.18. The number of ether oxygens (including phenoxy) is 1. The lowest BCUT2D eigenvalue weighted by Crippen LogP contribution is -2.41. The van der Waals surface area contributed by atoms with Crippen LogP contribution in [0.1, 0.15) is 20.8 Å². The summed E-state index contributed by atoms with van der Waals surface area (Å²) in [6.07, 6.45) is 0. The summed E-state index contributed by atoms with van der Waals surface area (Å²) >= 11 is 13.1. The quantitative estimate of drug-likeness (QED) is 0.772. The van der Waals surface area contributed by atoms with Crippen LogP contribution in [0.2, 0.25) is 10.0 Å². The van der Waals surface area contributed by atoms with Crippen molar-refractivity contribution < 1.29 is 14.3 Å². The van der Waals surface area contributed by atoms with Gasteiger partial charge in [0.1, 0.15) is 5.69 Å². The second-order valence-corrected chi connectivity index (χ2v) is 6.80. The van der Waals surface area contributed by atoms with Gasteiger partial charge in [-0.3, -0.25) is 20.4 Å². The van der Waals surface area contributed by atoms with Crippen molar-refractivity contribution >= 4 is 51.5 Å². The minimum Gasteiger partial charge on any atom is -0.378 e. The Hall–Kier alpha value is -1.87. The number of nitrogens with zero attached hydrogens (tertiary/aromatic N) is 2. The van der Waals surface area contributed by atoms with Gasteiger partial charge < -0.3 is 9.64 Å². The van der Waals surface area contributed by atoms with Gasteiger partial charge in [-0.25, -0.2) is 4.98 Å². The van der Waals surface area contributed by atoms with Crippen LogP contribution in [0.4, 0.5) is 5.13 Å². The first-order valence-corrected chi connectivity index (χ1v) is 9.02. The molecule has 1 saturated heterocycles. The Balaban J connectivity index is 1.57. The Labute approximate surface area is 157 Å². The van der Waals surface area contributed by atoms with Crippen LogP contribution in [0, 0.1) is 0 Å². The maximum absolute atomic E-state index is 12.1. The van der Waals surface area contributed by atoms with E-state index in [1.54, 1.807) is 5.38 Å². The molecule has 1 fully saturated rings. The molecule has 1 aromatic carbocycles. The summed E-state index contributed by atoms with van der Waals surface area (Å²) in [4.78, 5) is 30.5. The highest BCUT2D eigenvalue weighted by Crippen LogP contribution is 2.23. The fourth-order valence-corrected chi connectivity index (χ4v) is 3.31. The molecule has 2 amide bonds. The van der Waals surface area contributed by atoms with Crippen molar-refractivity contribution in [2.45, 2.75) is 0 Å². The first-order chi connectivity index (χ1) is 12.0. The van der Waals surface area contributed by atoms with Gasteiger partial charge in [0.15, 0.2) is 5.13 Å². The number of hydrogen-bond acceptors (Lipinski definition) is 6. The van der Waals surface area contributed by atoms with Crippen LogP contribution in [0.3, 0.4) is 0 Å². The molecule has 2 aromatic rings. The molecule has 1 aromatic heterocycles. The highest BCUT2D eigenvalue weighted by molar-refractivity contribution is 7.13. The minimum atomic E-state index is -0.504. The van der Waals surface area contributed by atoms with E-state index in [0.717, 1.165) is 18.2 Å². The molecule has 0 bridgehead atoms. The molecule has 0 aliphatic carbocycles. The average molecular weight is 401 g/mol. The van der Waals surface area contributed by atoms with E-state index < -0.39 is 11.8 Å². The lowest BCUT2D eigenvalue weighted by molar-refractivity contribution is 0.0844. The summed E-state index contributed by atoms with van der Waals surface area (Å²) in [6.45, 7) is 2.76. The van der Waals surface area contributed by atoms with Gasteiger partial charge in [-0.05, 0) is 18.2 Å². The van der Waals surface area contributed by atoms with Gasteiger partial charge in [0.25, 0.3) is 11.8 Å². The van der Waals surface area contributed by atoms with Crippen molar-refractivity contribution in [3.8, 4) is 0 Å². The van der Waals surface area contributed by atoms with Crippen molar-refractivity contribution in [2.24, 2.45) is 0 Å². The van der Waals surface area contributed by atoms with Crippen LogP contribution in [0.5, 0.6) is 0 Å². The van der Waals surface area contributed by atoms with E-state index >= 15 is 0 Å². The fraction of sp³-hybridized carbons (Fsp3) is 0.267.